The number of rotatable bonds is 6. The summed E-state index contributed by atoms with van der Waals surface area (Å²) in [6.07, 6.45) is 0.894. The van der Waals surface area contributed by atoms with Crippen molar-refractivity contribution in [2.24, 2.45) is 5.92 Å². The van der Waals surface area contributed by atoms with Gasteiger partial charge in [0.1, 0.15) is 15.7 Å². The standard InChI is InChI=1S/C11H14N4O3S/c1-7(2)5-9-13-14-11(19-9)12-6-8-3-4-10(18-8)15(16)17/h3-4,7H,5-6H2,1-2H3,(H,12,14). The topological polar surface area (TPSA) is 94.1 Å². The fourth-order valence-corrected chi connectivity index (χ4v) is 2.43. The lowest BCUT2D eigenvalue weighted by atomic mass is 10.1. The molecule has 0 unspecified atom stereocenters. The maximum Gasteiger partial charge on any atom is 0.433 e. The van der Waals surface area contributed by atoms with E-state index in [4.69, 9.17) is 4.42 Å². The second-order valence-corrected chi connectivity index (χ2v) is 5.51. The predicted molar refractivity (Wildman–Crippen MR) is 71.1 cm³/mol. The highest BCUT2D eigenvalue weighted by atomic mass is 32.1. The number of hydrogen-bond donors (Lipinski definition) is 1. The largest absolute Gasteiger partial charge is 0.433 e. The second kappa shape index (κ2) is 5.79. The first-order chi connectivity index (χ1) is 9.04. The molecule has 0 spiro atoms. The van der Waals surface area contributed by atoms with Gasteiger partial charge in [0, 0.05) is 6.42 Å². The van der Waals surface area contributed by atoms with Crippen molar-refractivity contribution in [2.75, 3.05) is 5.32 Å². The molecule has 102 valence electrons. The van der Waals surface area contributed by atoms with Gasteiger partial charge < -0.3 is 9.73 Å². The Labute approximate surface area is 113 Å². The quantitative estimate of drug-likeness (QED) is 0.646. The van der Waals surface area contributed by atoms with Gasteiger partial charge >= 0.3 is 5.88 Å². The summed E-state index contributed by atoms with van der Waals surface area (Å²) in [4.78, 5) is 9.91. The van der Waals surface area contributed by atoms with Crippen LogP contribution in [0, 0.1) is 16.0 Å². The number of nitro groups is 1. The molecule has 1 N–H and O–H groups in total. The summed E-state index contributed by atoms with van der Waals surface area (Å²) in [6.45, 7) is 4.59. The summed E-state index contributed by atoms with van der Waals surface area (Å²) in [5, 5.41) is 23.2. The predicted octanol–water partition coefficient (Wildman–Crippen LogP) is 2.85. The molecule has 0 fully saturated rings. The van der Waals surface area contributed by atoms with Crippen LogP contribution in [-0.2, 0) is 13.0 Å². The lowest BCUT2D eigenvalue weighted by Crippen LogP contribution is -1.97. The van der Waals surface area contributed by atoms with Gasteiger partial charge in [-0.2, -0.15) is 0 Å². The minimum atomic E-state index is -0.560. The smallest absolute Gasteiger partial charge is 0.404 e. The number of anilines is 1. The Morgan fingerprint density at radius 1 is 1.47 bits per heavy atom. The molecule has 0 radical (unpaired) electrons. The summed E-state index contributed by atoms with van der Waals surface area (Å²) in [5.41, 5.74) is 0. The third-order valence-corrected chi connectivity index (χ3v) is 3.19. The van der Waals surface area contributed by atoms with Gasteiger partial charge in [-0.25, -0.2) is 0 Å². The molecule has 0 amide bonds. The van der Waals surface area contributed by atoms with Crippen LogP contribution in [0.1, 0.15) is 24.6 Å². The number of aromatic nitrogens is 2. The molecular formula is C11H14N4O3S. The SMILES string of the molecule is CC(C)Cc1nnc(NCc2ccc([N+](=O)[O-])o2)s1. The molecule has 2 aromatic heterocycles. The van der Waals surface area contributed by atoms with E-state index in [1.54, 1.807) is 6.07 Å². The number of hydrogen-bond acceptors (Lipinski definition) is 7. The first-order valence-electron chi connectivity index (χ1n) is 5.84. The molecule has 0 atom stereocenters. The molecule has 2 aromatic rings. The average Bonchev–Trinajstić information content (AvgIpc) is 2.94. The van der Waals surface area contributed by atoms with Crippen molar-refractivity contribution in [1.29, 1.82) is 0 Å². The third kappa shape index (κ3) is 3.75. The van der Waals surface area contributed by atoms with Crippen LogP contribution in [0.2, 0.25) is 0 Å². The zero-order valence-electron chi connectivity index (χ0n) is 10.6. The van der Waals surface area contributed by atoms with E-state index in [9.17, 15) is 10.1 Å². The molecule has 19 heavy (non-hydrogen) atoms. The maximum atomic E-state index is 10.5. The lowest BCUT2D eigenvalue weighted by Gasteiger charge is -1.98. The fraction of sp³-hybridized carbons (Fsp3) is 0.455. The molecule has 2 rings (SSSR count). The van der Waals surface area contributed by atoms with Crippen molar-refractivity contribution in [3.63, 3.8) is 0 Å². The van der Waals surface area contributed by atoms with Crippen molar-refractivity contribution in [3.8, 4) is 0 Å². The minimum absolute atomic E-state index is 0.255. The Morgan fingerprint density at radius 3 is 2.89 bits per heavy atom. The van der Waals surface area contributed by atoms with Gasteiger partial charge in [-0.3, -0.25) is 10.1 Å². The summed E-state index contributed by atoms with van der Waals surface area (Å²) < 4.78 is 5.03. The number of furan rings is 1. The average molecular weight is 282 g/mol. The summed E-state index contributed by atoms with van der Waals surface area (Å²) in [7, 11) is 0. The molecule has 2 heterocycles. The second-order valence-electron chi connectivity index (χ2n) is 4.45. The van der Waals surface area contributed by atoms with Crippen molar-refractivity contribution in [2.45, 2.75) is 26.8 Å². The van der Waals surface area contributed by atoms with Crippen molar-refractivity contribution in [1.82, 2.24) is 10.2 Å². The zero-order valence-corrected chi connectivity index (χ0v) is 11.4. The molecule has 0 bridgehead atoms. The minimum Gasteiger partial charge on any atom is -0.404 e. The van der Waals surface area contributed by atoms with Crippen molar-refractivity contribution in [3.05, 3.63) is 33.0 Å². The third-order valence-electron chi connectivity index (χ3n) is 2.29. The number of nitrogens with zero attached hydrogens (tertiary/aromatic N) is 3. The first kappa shape index (κ1) is 13.5. The van der Waals surface area contributed by atoms with Crippen LogP contribution in [0.4, 0.5) is 11.0 Å². The van der Waals surface area contributed by atoms with E-state index in [1.165, 1.54) is 17.4 Å². The highest BCUT2D eigenvalue weighted by Crippen LogP contribution is 2.20. The van der Waals surface area contributed by atoms with E-state index in [0.717, 1.165) is 11.4 Å². The highest BCUT2D eigenvalue weighted by molar-refractivity contribution is 7.15. The van der Waals surface area contributed by atoms with E-state index in [-0.39, 0.29) is 5.88 Å². The Hall–Kier alpha value is -1.96. The molecule has 0 saturated carbocycles. The van der Waals surface area contributed by atoms with Gasteiger partial charge in [0.2, 0.25) is 5.13 Å². The van der Waals surface area contributed by atoms with Gasteiger partial charge in [-0.15, -0.1) is 10.2 Å². The van der Waals surface area contributed by atoms with Crippen LogP contribution in [0.3, 0.4) is 0 Å². The van der Waals surface area contributed by atoms with Gasteiger partial charge in [0.05, 0.1) is 12.6 Å². The molecular weight excluding hydrogens is 268 g/mol. The van der Waals surface area contributed by atoms with Crippen LogP contribution in [-0.4, -0.2) is 15.1 Å². The van der Waals surface area contributed by atoms with Gasteiger partial charge in [-0.1, -0.05) is 25.2 Å². The molecule has 8 heteroatoms. The van der Waals surface area contributed by atoms with E-state index in [2.05, 4.69) is 29.4 Å². The Bertz CT molecular complexity index is 564. The first-order valence-corrected chi connectivity index (χ1v) is 6.65. The molecule has 0 aliphatic rings. The monoisotopic (exact) mass is 282 g/mol. The zero-order chi connectivity index (χ0) is 13.8. The van der Waals surface area contributed by atoms with E-state index < -0.39 is 4.92 Å². The van der Waals surface area contributed by atoms with E-state index in [0.29, 0.717) is 23.4 Å². The molecule has 7 nitrogen and oxygen atoms in total. The fourth-order valence-electron chi connectivity index (χ4n) is 1.48. The van der Waals surface area contributed by atoms with Gasteiger partial charge in [0.25, 0.3) is 0 Å². The Kier molecular flexibility index (Phi) is 4.10. The molecule has 0 aliphatic heterocycles. The van der Waals surface area contributed by atoms with E-state index >= 15 is 0 Å². The lowest BCUT2D eigenvalue weighted by molar-refractivity contribution is -0.402. The number of nitrogens with one attached hydrogen (secondary N) is 1. The van der Waals surface area contributed by atoms with Crippen molar-refractivity contribution < 1.29 is 9.34 Å². The van der Waals surface area contributed by atoms with Crippen LogP contribution >= 0.6 is 11.3 Å². The summed E-state index contributed by atoms with van der Waals surface area (Å²) >= 11 is 1.48. The Balaban J connectivity index is 1.90. The molecule has 0 aliphatic carbocycles. The van der Waals surface area contributed by atoms with Gasteiger partial charge in [-0.05, 0) is 12.0 Å². The van der Waals surface area contributed by atoms with Crippen molar-refractivity contribution >= 4 is 22.4 Å². The van der Waals surface area contributed by atoms with E-state index in [1.807, 2.05) is 0 Å². The summed E-state index contributed by atoms with van der Waals surface area (Å²) in [5.74, 6) is 0.774. The van der Waals surface area contributed by atoms with Crippen LogP contribution < -0.4 is 5.32 Å². The van der Waals surface area contributed by atoms with Gasteiger partial charge in [0.15, 0.2) is 0 Å². The molecule has 0 saturated heterocycles. The highest BCUT2D eigenvalue weighted by Gasteiger charge is 2.12. The normalized spacial score (nSPS) is 10.9. The Morgan fingerprint density at radius 2 is 2.26 bits per heavy atom. The maximum absolute atomic E-state index is 10.5. The summed E-state index contributed by atoms with van der Waals surface area (Å²) in [6, 6.07) is 2.91. The molecule has 0 aromatic carbocycles. The van der Waals surface area contributed by atoms with Crippen LogP contribution in [0.15, 0.2) is 16.5 Å². The van der Waals surface area contributed by atoms with Crippen LogP contribution in [0.5, 0.6) is 0 Å². The van der Waals surface area contributed by atoms with Crippen LogP contribution in [0.25, 0.3) is 0 Å².